The zero-order valence-corrected chi connectivity index (χ0v) is 18.0. The number of hydrogen-bond donors (Lipinski definition) is 2. The number of hydrogen-bond acceptors (Lipinski definition) is 7. The van der Waals surface area contributed by atoms with E-state index in [9.17, 15) is 14.7 Å². The van der Waals surface area contributed by atoms with E-state index in [0.29, 0.717) is 17.3 Å². The largest absolute Gasteiger partial charge is 0.491 e. The van der Waals surface area contributed by atoms with Gasteiger partial charge in [-0.25, -0.2) is 4.79 Å². The molecule has 0 saturated carbocycles. The minimum atomic E-state index is -0.874. The molecule has 31 heavy (non-hydrogen) atoms. The van der Waals surface area contributed by atoms with Gasteiger partial charge in [-0.05, 0) is 26.1 Å². The molecule has 0 spiro atoms. The first kappa shape index (κ1) is 21.1. The van der Waals surface area contributed by atoms with Crippen LogP contribution in [-0.4, -0.2) is 75.0 Å². The highest BCUT2D eigenvalue weighted by Crippen LogP contribution is 2.21. The van der Waals surface area contributed by atoms with E-state index in [2.05, 4.69) is 26.8 Å². The van der Waals surface area contributed by atoms with Crippen LogP contribution in [0.2, 0.25) is 0 Å². The van der Waals surface area contributed by atoms with E-state index in [0.717, 1.165) is 31.7 Å². The molecule has 1 saturated heterocycles. The Labute approximate surface area is 179 Å². The summed E-state index contributed by atoms with van der Waals surface area (Å²) in [4.78, 5) is 36.0. The second-order valence-corrected chi connectivity index (χ2v) is 8.08. The minimum absolute atomic E-state index is 0.0641. The lowest BCUT2D eigenvalue weighted by Gasteiger charge is -2.33. The molecule has 4 rings (SSSR count). The van der Waals surface area contributed by atoms with Crippen LogP contribution in [0.25, 0.3) is 11.2 Å². The number of aliphatic hydroxyl groups is 1. The Bertz CT molecular complexity index is 1170. The lowest BCUT2D eigenvalue weighted by atomic mass is 10.2. The van der Waals surface area contributed by atoms with E-state index < -0.39 is 17.4 Å². The van der Waals surface area contributed by atoms with Gasteiger partial charge in [0.25, 0.3) is 5.56 Å². The van der Waals surface area contributed by atoms with Crippen molar-refractivity contribution in [3.8, 4) is 5.75 Å². The van der Waals surface area contributed by atoms with E-state index in [1.165, 1.54) is 4.57 Å². The SMILES string of the molecule is Cc1ccc(OC[C@@H](O)Cn2c(N3CCN(C)CC3)nc3c2c(=O)[nH]c(=O)n3C)cc1. The zero-order valence-electron chi connectivity index (χ0n) is 18.0. The number of anilines is 1. The van der Waals surface area contributed by atoms with Crippen LogP contribution >= 0.6 is 0 Å². The molecule has 2 aromatic heterocycles. The van der Waals surface area contributed by atoms with Gasteiger partial charge < -0.3 is 24.2 Å². The average molecular weight is 428 g/mol. The molecular formula is C21H28N6O4. The Morgan fingerprint density at radius 3 is 2.48 bits per heavy atom. The molecule has 1 aliphatic heterocycles. The number of fused-ring (bicyclic) bond motifs is 1. The maximum Gasteiger partial charge on any atom is 0.329 e. The van der Waals surface area contributed by atoms with Gasteiger partial charge in [0.15, 0.2) is 11.2 Å². The Kier molecular flexibility index (Phi) is 5.84. The molecule has 1 aromatic carbocycles. The molecule has 0 radical (unpaired) electrons. The van der Waals surface area contributed by atoms with Gasteiger partial charge in [0.2, 0.25) is 5.95 Å². The third-order valence-electron chi connectivity index (χ3n) is 5.63. The predicted molar refractivity (Wildman–Crippen MR) is 118 cm³/mol. The lowest BCUT2D eigenvalue weighted by Crippen LogP contribution is -2.45. The molecule has 0 unspecified atom stereocenters. The fourth-order valence-electron chi connectivity index (χ4n) is 3.73. The average Bonchev–Trinajstić information content (AvgIpc) is 3.12. The number of nitrogens with zero attached hydrogens (tertiary/aromatic N) is 5. The molecule has 2 N–H and O–H groups in total. The number of nitrogens with one attached hydrogen (secondary N) is 1. The summed E-state index contributed by atoms with van der Waals surface area (Å²) in [7, 11) is 3.63. The van der Waals surface area contributed by atoms with Crippen LogP contribution in [0.4, 0.5) is 5.95 Å². The summed E-state index contributed by atoms with van der Waals surface area (Å²) >= 11 is 0. The number of aliphatic hydroxyl groups excluding tert-OH is 1. The topological polar surface area (TPSA) is 109 Å². The van der Waals surface area contributed by atoms with Gasteiger partial charge in [0.05, 0.1) is 6.54 Å². The molecule has 1 fully saturated rings. The first-order valence-corrected chi connectivity index (χ1v) is 10.3. The number of rotatable bonds is 6. The maximum absolute atomic E-state index is 12.6. The second kappa shape index (κ2) is 8.56. The number of piperazine rings is 1. The van der Waals surface area contributed by atoms with Gasteiger partial charge in [-0.3, -0.25) is 14.3 Å². The lowest BCUT2D eigenvalue weighted by molar-refractivity contribution is 0.0935. The van der Waals surface area contributed by atoms with Crippen LogP contribution < -0.4 is 20.9 Å². The van der Waals surface area contributed by atoms with Crippen molar-refractivity contribution in [3.63, 3.8) is 0 Å². The summed E-state index contributed by atoms with van der Waals surface area (Å²) < 4.78 is 8.73. The highest BCUT2D eigenvalue weighted by molar-refractivity contribution is 5.74. The van der Waals surface area contributed by atoms with Crippen LogP contribution in [0.5, 0.6) is 5.75 Å². The summed E-state index contributed by atoms with van der Waals surface area (Å²) in [5.41, 5.74) is 0.659. The van der Waals surface area contributed by atoms with Crippen molar-refractivity contribution in [1.82, 2.24) is 24.0 Å². The number of ether oxygens (including phenoxy) is 1. The van der Waals surface area contributed by atoms with Gasteiger partial charge in [0, 0.05) is 33.2 Å². The molecule has 3 heterocycles. The van der Waals surface area contributed by atoms with Crippen LogP contribution in [0.3, 0.4) is 0 Å². The van der Waals surface area contributed by atoms with Gasteiger partial charge in [0.1, 0.15) is 18.5 Å². The van der Waals surface area contributed by atoms with E-state index in [1.807, 2.05) is 31.2 Å². The third kappa shape index (κ3) is 4.35. The van der Waals surface area contributed by atoms with E-state index >= 15 is 0 Å². The summed E-state index contributed by atoms with van der Waals surface area (Å²) in [5.74, 6) is 1.24. The highest BCUT2D eigenvalue weighted by atomic mass is 16.5. The Balaban J connectivity index is 1.65. The molecule has 166 valence electrons. The van der Waals surface area contributed by atoms with E-state index in [-0.39, 0.29) is 18.7 Å². The quantitative estimate of drug-likeness (QED) is 0.565. The van der Waals surface area contributed by atoms with Crippen molar-refractivity contribution >= 4 is 17.1 Å². The molecule has 3 aromatic rings. The maximum atomic E-state index is 12.6. The van der Waals surface area contributed by atoms with Gasteiger partial charge >= 0.3 is 5.69 Å². The summed E-state index contributed by atoms with van der Waals surface area (Å²) in [6.45, 7) is 5.37. The van der Waals surface area contributed by atoms with Gasteiger partial charge in [-0.15, -0.1) is 0 Å². The van der Waals surface area contributed by atoms with Crippen molar-refractivity contribution in [3.05, 3.63) is 50.7 Å². The number of likely N-dealkylation sites (N-methyl/N-ethyl adjacent to an activating group) is 1. The number of aryl methyl sites for hydroxylation is 2. The zero-order chi connectivity index (χ0) is 22.1. The molecular weight excluding hydrogens is 400 g/mol. The number of aromatic amines is 1. The highest BCUT2D eigenvalue weighted by Gasteiger charge is 2.25. The van der Waals surface area contributed by atoms with E-state index in [4.69, 9.17) is 4.74 Å². The van der Waals surface area contributed by atoms with Crippen molar-refractivity contribution < 1.29 is 9.84 Å². The molecule has 0 amide bonds. The van der Waals surface area contributed by atoms with Crippen LogP contribution in [0.15, 0.2) is 33.9 Å². The molecule has 0 bridgehead atoms. The normalized spacial score (nSPS) is 16.1. The summed E-state index contributed by atoms with van der Waals surface area (Å²) in [6.07, 6.45) is -0.874. The first-order chi connectivity index (χ1) is 14.8. The van der Waals surface area contributed by atoms with Crippen LogP contribution in [0.1, 0.15) is 5.56 Å². The van der Waals surface area contributed by atoms with E-state index in [1.54, 1.807) is 11.6 Å². The van der Waals surface area contributed by atoms with Gasteiger partial charge in [-0.1, -0.05) is 17.7 Å². The number of H-pyrrole nitrogens is 1. The standard InChI is InChI=1S/C21H28N6O4/c1-14-4-6-16(7-5-14)31-13-15(28)12-27-17-18(25(3)21(30)23-19(17)29)22-20(27)26-10-8-24(2)9-11-26/h4-7,15,28H,8-13H2,1-3H3,(H,23,29,30)/t15-/m0/s1. The van der Waals surface area contributed by atoms with Crippen molar-refractivity contribution in [1.29, 1.82) is 0 Å². The van der Waals surface area contributed by atoms with Crippen molar-refractivity contribution in [2.75, 3.05) is 44.7 Å². The van der Waals surface area contributed by atoms with Crippen LogP contribution in [0, 0.1) is 6.92 Å². The molecule has 1 atom stereocenters. The molecule has 10 heteroatoms. The fourth-order valence-corrected chi connectivity index (χ4v) is 3.73. The smallest absolute Gasteiger partial charge is 0.329 e. The van der Waals surface area contributed by atoms with Crippen molar-refractivity contribution in [2.24, 2.45) is 7.05 Å². The molecule has 1 aliphatic rings. The Morgan fingerprint density at radius 1 is 1.13 bits per heavy atom. The first-order valence-electron chi connectivity index (χ1n) is 10.3. The Hall–Kier alpha value is -3.11. The van der Waals surface area contributed by atoms with Crippen LogP contribution in [-0.2, 0) is 13.6 Å². The van der Waals surface area contributed by atoms with Gasteiger partial charge in [-0.2, -0.15) is 4.98 Å². The summed E-state index contributed by atoms with van der Waals surface area (Å²) in [5, 5.41) is 10.7. The number of imidazole rings is 1. The summed E-state index contributed by atoms with van der Waals surface area (Å²) in [6, 6.07) is 7.59. The monoisotopic (exact) mass is 428 g/mol. The minimum Gasteiger partial charge on any atom is -0.491 e. The third-order valence-corrected chi connectivity index (χ3v) is 5.63. The second-order valence-electron chi connectivity index (χ2n) is 8.08. The molecule has 0 aliphatic carbocycles. The number of aromatic nitrogens is 4. The predicted octanol–water partition coefficient (Wildman–Crippen LogP) is -0.0766. The number of benzene rings is 1. The van der Waals surface area contributed by atoms with Crippen molar-refractivity contribution in [2.45, 2.75) is 19.6 Å². The fraction of sp³-hybridized carbons (Fsp3) is 0.476. The Morgan fingerprint density at radius 2 is 1.81 bits per heavy atom. The molecule has 10 nitrogen and oxygen atoms in total.